The largest absolute Gasteiger partial charge is 0.234 e. The van der Waals surface area contributed by atoms with Gasteiger partial charge in [-0.25, -0.2) is 4.84 Å². The first-order valence-corrected chi connectivity index (χ1v) is 3.24. The summed E-state index contributed by atoms with van der Waals surface area (Å²) in [6.45, 7) is 4.50. The Kier molecular flexibility index (Phi) is 6.98. The number of allylic oxidation sites excluding steroid dienone is 1. The summed E-state index contributed by atoms with van der Waals surface area (Å²) >= 11 is 5.20. The minimum atomic E-state index is 0.898. The average molecular weight is 134 g/mol. The Hall–Kier alpha value is -0.0100. The molecular weight excluding hydrogens is 122 g/mol. The minimum absolute atomic E-state index is 0.898. The topological polar surface area (TPSA) is 12.0 Å². The summed E-state index contributed by atoms with van der Waals surface area (Å²) in [6, 6.07) is 0. The van der Waals surface area contributed by atoms with Gasteiger partial charge in [0.1, 0.15) is 0 Å². The number of hydrogen-bond donors (Lipinski definition) is 1. The van der Waals surface area contributed by atoms with E-state index in [1.807, 2.05) is 6.08 Å². The van der Waals surface area contributed by atoms with Gasteiger partial charge >= 0.3 is 0 Å². The highest BCUT2D eigenvalue weighted by atomic mass is 35.5. The van der Waals surface area contributed by atoms with E-state index in [1.165, 1.54) is 6.42 Å². The number of halogens is 1. The van der Waals surface area contributed by atoms with Crippen LogP contribution >= 0.6 is 11.8 Å². The van der Waals surface area contributed by atoms with Crippen molar-refractivity contribution in [3.05, 3.63) is 12.7 Å². The van der Waals surface area contributed by atoms with Crippen LogP contribution in [-0.2, 0) is 0 Å². The molecule has 8 heavy (non-hydrogen) atoms. The SMILES string of the molecule is C=CCCCCNCl. The van der Waals surface area contributed by atoms with Gasteiger partial charge in [-0.3, -0.25) is 0 Å². The van der Waals surface area contributed by atoms with Crippen molar-refractivity contribution in [2.75, 3.05) is 6.54 Å². The van der Waals surface area contributed by atoms with Crippen LogP contribution in [0.3, 0.4) is 0 Å². The third-order valence-electron chi connectivity index (χ3n) is 0.930. The maximum atomic E-state index is 5.20. The summed E-state index contributed by atoms with van der Waals surface area (Å²) in [6.07, 6.45) is 5.34. The van der Waals surface area contributed by atoms with E-state index in [-0.39, 0.29) is 0 Å². The molecule has 0 aromatic carbocycles. The van der Waals surface area contributed by atoms with Crippen molar-refractivity contribution < 1.29 is 0 Å². The molecule has 0 rings (SSSR count). The highest BCUT2D eigenvalue weighted by molar-refractivity contribution is 6.13. The second kappa shape index (κ2) is 6.99. The van der Waals surface area contributed by atoms with Gasteiger partial charge < -0.3 is 0 Å². The summed E-state index contributed by atoms with van der Waals surface area (Å²) < 4.78 is 0. The zero-order valence-electron chi connectivity index (χ0n) is 4.99. The lowest BCUT2D eigenvalue weighted by atomic mass is 10.2. The van der Waals surface area contributed by atoms with Crippen molar-refractivity contribution in [2.45, 2.75) is 19.3 Å². The van der Waals surface area contributed by atoms with E-state index in [0.29, 0.717) is 0 Å². The summed E-state index contributed by atoms with van der Waals surface area (Å²) in [5, 5.41) is 0. The zero-order valence-corrected chi connectivity index (χ0v) is 5.75. The van der Waals surface area contributed by atoms with Crippen LogP contribution in [0.2, 0.25) is 0 Å². The molecule has 0 radical (unpaired) electrons. The Morgan fingerprint density at radius 2 is 2.25 bits per heavy atom. The van der Waals surface area contributed by atoms with Gasteiger partial charge in [-0.15, -0.1) is 6.58 Å². The van der Waals surface area contributed by atoms with Gasteiger partial charge in [0.05, 0.1) is 0 Å². The van der Waals surface area contributed by atoms with Gasteiger partial charge in [0.2, 0.25) is 0 Å². The van der Waals surface area contributed by atoms with E-state index in [2.05, 4.69) is 11.4 Å². The Balaban J connectivity index is 2.62. The fraction of sp³-hybridized carbons (Fsp3) is 0.667. The lowest BCUT2D eigenvalue weighted by molar-refractivity contribution is 0.732. The molecule has 1 nitrogen and oxygen atoms in total. The van der Waals surface area contributed by atoms with Crippen LogP contribution in [0.1, 0.15) is 19.3 Å². The molecule has 0 aliphatic heterocycles. The summed E-state index contributed by atoms with van der Waals surface area (Å²) in [5.74, 6) is 0. The number of unbranched alkanes of at least 4 members (excludes halogenated alkanes) is 2. The predicted octanol–water partition coefficient (Wildman–Crippen LogP) is 2.09. The van der Waals surface area contributed by atoms with Crippen molar-refractivity contribution in [2.24, 2.45) is 0 Å². The van der Waals surface area contributed by atoms with Crippen LogP contribution in [0, 0.1) is 0 Å². The van der Waals surface area contributed by atoms with Gasteiger partial charge in [-0.1, -0.05) is 6.08 Å². The van der Waals surface area contributed by atoms with Crippen LogP contribution < -0.4 is 4.84 Å². The molecule has 0 bridgehead atoms. The van der Waals surface area contributed by atoms with Crippen LogP contribution in [0.25, 0.3) is 0 Å². The maximum Gasteiger partial charge on any atom is 0.0108 e. The first-order chi connectivity index (χ1) is 3.91. The van der Waals surface area contributed by atoms with Crippen molar-refractivity contribution in [1.82, 2.24) is 4.84 Å². The van der Waals surface area contributed by atoms with Crippen molar-refractivity contribution in [3.63, 3.8) is 0 Å². The highest BCUT2D eigenvalue weighted by Crippen LogP contribution is 1.93. The first kappa shape index (κ1) is 7.99. The molecular formula is C6H12ClN. The van der Waals surface area contributed by atoms with Crippen molar-refractivity contribution in [1.29, 1.82) is 0 Å². The van der Waals surface area contributed by atoms with Crippen LogP contribution in [0.4, 0.5) is 0 Å². The Morgan fingerprint density at radius 3 is 2.75 bits per heavy atom. The molecule has 0 aliphatic rings. The van der Waals surface area contributed by atoms with E-state index >= 15 is 0 Å². The Labute approximate surface area is 55.8 Å². The van der Waals surface area contributed by atoms with Gasteiger partial charge in [0.25, 0.3) is 0 Å². The van der Waals surface area contributed by atoms with Gasteiger partial charge in [0, 0.05) is 6.54 Å². The fourth-order valence-electron chi connectivity index (χ4n) is 0.480. The molecule has 0 saturated carbocycles. The van der Waals surface area contributed by atoms with Crippen molar-refractivity contribution >= 4 is 11.8 Å². The molecule has 0 spiro atoms. The lowest BCUT2D eigenvalue weighted by Crippen LogP contribution is -1.99. The van der Waals surface area contributed by atoms with Gasteiger partial charge in [-0.2, -0.15) is 0 Å². The van der Waals surface area contributed by atoms with Gasteiger partial charge in [-0.05, 0) is 31.0 Å². The zero-order chi connectivity index (χ0) is 6.24. The van der Waals surface area contributed by atoms with E-state index in [4.69, 9.17) is 11.8 Å². The van der Waals surface area contributed by atoms with E-state index in [0.717, 1.165) is 19.4 Å². The normalized spacial score (nSPS) is 9.12. The molecule has 0 unspecified atom stereocenters. The van der Waals surface area contributed by atoms with Gasteiger partial charge in [0.15, 0.2) is 0 Å². The van der Waals surface area contributed by atoms with E-state index in [1.54, 1.807) is 0 Å². The minimum Gasteiger partial charge on any atom is -0.234 e. The molecule has 2 heteroatoms. The lowest BCUT2D eigenvalue weighted by Gasteiger charge is -1.92. The number of rotatable bonds is 5. The molecule has 1 N–H and O–H groups in total. The molecule has 0 fully saturated rings. The highest BCUT2D eigenvalue weighted by Gasteiger charge is 1.81. The molecule has 0 saturated heterocycles. The number of hydrogen-bond acceptors (Lipinski definition) is 1. The van der Waals surface area contributed by atoms with E-state index in [9.17, 15) is 0 Å². The predicted molar refractivity (Wildman–Crippen MR) is 37.9 cm³/mol. The molecule has 0 aliphatic carbocycles. The summed E-state index contributed by atoms with van der Waals surface area (Å²) in [4.78, 5) is 2.56. The molecule has 0 aromatic heterocycles. The number of nitrogens with one attached hydrogen (secondary N) is 1. The fourth-order valence-corrected chi connectivity index (χ4v) is 0.614. The van der Waals surface area contributed by atoms with Crippen molar-refractivity contribution in [3.8, 4) is 0 Å². The molecule has 0 atom stereocenters. The molecule has 0 aromatic rings. The third kappa shape index (κ3) is 5.99. The molecule has 0 heterocycles. The van der Waals surface area contributed by atoms with Crippen LogP contribution in [0.5, 0.6) is 0 Å². The smallest absolute Gasteiger partial charge is 0.0108 e. The van der Waals surface area contributed by atoms with Crippen LogP contribution in [0.15, 0.2) is 12.7 Å². The second-order valence-electron chi connectivity index (χ2n) is 1.67. The summed E-state index contributed by atoms with van der Waals surface area (Å²) in [5.41, 5.74) is 0. The monoisotopic (exact) mass is 133 g/mol. The van der Waals surface area contributed by atoms with Crippen LogP contribution in [-0.4, -0.2) is 6.54 Å². The third-order valence-corrected chi connectivity index (χ3v) is 1.12. The van der Waals surface area contributed by atoms with E-state index < -0.39 is 0 Å². The Bertz CT molecular complexity index is 54.5. The molecule has 0 amide bonds. The standard InChI is InChI=1S/C6H12ClN/c1-2-3-4-5-6-8-7/h2,8H,1,3-6H2. The molecule has 48 valence electrons. The Morgan fingerprint density at radius 1 is 1.50 bits per heavy atom. The first-order valence-electron chi connectivity index (χ1n) is 2.86. The average Bonchev–Trinajstić information content (AvgIpc) is 1.81. The maximum absolute atomic E-state index is 5.20. The second-order valence-corrected chi connectivity index (χ2v) is 1.94. The summed E-state index contributed by atoms with van der Waals surface area (Å²) in [7, 11) is 0. The quantitative estimate of drug-likeness (QED) is 0.344.